The monoisotopic (exact) mass is 248 g/mol. The molecule has 18 heavy (non-hydrogen) atoms. The van der Waals surface area contributed by atoms with Crippen molar-refractivity contribution < 1.29 is 14.4 Å². The molecule has 0 aromatic heterocycles. The van der Waals surface area contributed by atoms with E-state index in [2.05, 4.69) is 0 Å². The number of esters is 1. The number of aryl methyl sites for hydroxylation is 1. The Bertz CT molecular complexity index is 411. The Morgan fingerprint density at radius 2 is 2.00 bits per heavy atom. The standard InChI is InChI=1S/C15H21NO2/c1-12-7-3-4-8-14(12)15(17)18-13(2)11-16-9-5-6-10-16/h3-4,7-8,13H,5-6,9-11H2,1-2H3/p+1/t13-/m1/s1. The van der Waals surface area contributed by atoms with Crippen LogP contribution in [0.2, 0.25) is 0 Å². The molecule has 1 heterocycles. The summed E-state index contributed by atoms with van der Waals surface area (Å²) in [6.45, 7) is 7.28. The molecule has 1 saturated heterocycles. The molecular formula is C15H22NO2+. The molecule has 0 bridgehead atoms. The van der Waals surface area contributed by atoms with Gasteiger partial charge in [-0.3, -0.25) is 0 Å². The van der Waals surface area contributed by atoms with Gasteiger partial charge in [0, 0.05) is 12.8 Å². The average Bonchev–Trinajstić information content (AvgIpc) is 2.82. The van der Waals surface area contributed by atoms with Gasteiger partial charge in [-0.05, 0) is 25.5 Å². The minimum Gasteiger partial charge on any atom is -0.453 e. The van der Waals surface area contributed by atoms with Crippen LogP contribution in [0.4, 0.5) is 0 Å². The molecule has 0 saturated carbocycles. The second-order valence-electron chi connectivity index (χ2n) is 5.19. The van der Waals surface area contributed by atoms with E-state index >= 15 is 0 Å². The molecule has 1 aliphatic rings. The number of nitrogens with one attached hydrogen (secondary N) is 1. The van der Waals surface area contributed by atoms with Crippen molar-refractivity contribution in [2.24, 2.45) is 0 Å². The second-order valence-corrected chi connectivity index (χ2v) is 5.19. The van der Waals surface area contributed by atoms with Crippen molar-refractivity contribution in [3.63, 3.8) is 0 Å². The number of benzene rings is 1. The van der Waals surface area contributed by atoms with Gasteiger partial charge in [-0.25, -0.2) is 4.79 Å². The van der Waals surface area contributed by atoms with Crippen LogP contribution >= 0.6 is 0 Å². The summed E-state index contributed by atoms with van der Waals surface area (Å²) in [5.74, 6) is -0.195. The fraction of sp³-hybridized carbons (Fsp3) is 0.533. The van der Waals surface area contributed by atoms with Gasteiger partial charge in [-0.2, -0.15) is 0 Å². The zero-order valence-electron chi connectivity index (χ0n) is 11.2. The van der Waals surface area contributed by atoms with Gasteiger partial charge in [-0.15, -0.1) is 0 Å². The summed E-state index contributed by atoms with van der Waals surface area (Å²) in [5.41, 5.74) is 1.66. The molecule has 1 fully saturated rings. The van der Waals surface area contributed by atoms with Crippen LogP contribution in [0.1, 0.15) is 35.7 Å². The largest absolute Gasteiger partial charge is 0.453 e. The van der Waals surface area contributed by atoms with E-state index in [9.17, 15) is 4.79 Å². The van der Waals surface area contributed by atoms with Crippen molar-refractivity contribution in [2.75, 3.05) is 19.6 Å². The summed E-state index contributed by atoms with van der Waals surface area (Å²) in [4.78, 5) is 13.6. The molecule has 1 atom stereocenters. The summed E-state index contributed by atoms with van der Waals surface area (Å²) in [6, 6.07) is 7.57. The lowest BCUT2D eigenvalue weighted by Gasteiger charge is -2.18. The summed E-state index contributed by atoms with van der Waals surface area (Å²) in [7, 11) is 0. The van der Waals surface area contributed by atoms with E-state index in [1.54, 1.807) is 4.90 Å². The van der Waals surface area contributed by atoms with Gasteiger partial charge in [0.1, 0.15) is 12.6 Å². The van der Waals surface area contributed by atoms with E-state index in [0.29, 0.717) is 5.56 Å². The Balaban J connectivity index is 1.88. The van der Waals surface area contributed by atoms with Crippen LogP contribution in [0.15, 0.2) is 24.3 Å². The number of carbonyl (C=O) groups excluding carboxylic acids is 1. The molecule has 0 amide bonds. The summed E-state index contributed by atoms with van der Waals surface area (Å²) >= 11 is 0. The van der Waals surface area contributed by atoms with Crippen molar-refractivity contribution >= 4 is 5.97 Å². The number of hydrogen-bond acceptors (Lipinski definition) is 2. The van der Waals surface area contributed by atoms with Gasteiger partial charge in [-0.1, -0.05) is 18.2 Å². The van der Waals surface area contributed by atoms with Crippen LogP contribution in [0, 0.1) is 6.92 Å². The first-order valence-corrected chi connectivity index (χ1v) is 6.77. The Morgan fingerprint density at radius 1 is 1.33 bits per heavy atom. The molecule has 98 valence electrons. The first-order valence-electron chi connectivity index (χ1n) is 6.77. The first-order chi connectivity index (χ1) is 8.66. The molecule has 1 aliphatic heterocycles. The van der Waals surface area contributed by atoms with Crippen molar-refractivity contribution in [3.8, 4) is 0 Å². The van der Waals surface area contributed by atoms with Gasteiger partial charge in [0.2, 0.25) is 0 Å². The molecule has 0 unspecified atom stereocenters. The predicted molar refractivity (Wildman–Crippen MR) is 70.9 cm³/mol. The third-order valence-electron chi connectivity index (χ3n) is 3.56. The quantitative estimate of drug-likeness (QED) is 0.812. The molecule has 1 N–H and O–H groups in total. The maximum atomic E-state index is 12.0. The minimum atomic E-state index is -0.195. The smallest absolute Gasteiger partial charge is 0.338 e. The molecule has 0 aliphatic carbocycles. The van der Waals surface area contributed by atoms with Crippen LogP contribution in [-0.4, -0.2) is 31.7 Å². The van der Waals surface area contributed by atoms with Crippen molar-refractivity contribution in [2.45, 2.75) is 32.8 Å². The number of likely N-dealkylation sites (tertiary alicyclic amines) is 1. The SMILES string of the molecule is Cc1ccccc1C(=O)O[C@H](C)C[NH+]1CCCC1. The number of rotatable bonds is 4. The molecule has 3 nitrogen and oxygen atoms in total. The highest BCUT2D eigenvalue weighted by Crippen LogP contribution is 2.09. The van der Waals surface area contributed by atoms with E-state index in [-0.39, 0.29) is 12.1 Å². The van der Waals surface area contributed by atoms with Gasteiger partial charge < -0.3 is 9.64 Å². The first kappa shape index (κ1) is 13.1. The third-order valence-corrected chi connectivity index (χ3v) is 3.56. The minimum absolute atomic E-state index is 0.00907. The van der Waals surface area contributed by atoms with Crippen LogP contribution in [-0.2, 0) is 4.74 Å². The summed E-state index contributed by atoms with van der Waals surface area (Å²) in [5, 5.41) is 0. The molecule has 1 aromatic rings. The molecular weight excluding hydrogens is 226 g/mol. The Morgan fingerprint density at radius 3 is 2.67 bits per heavy atom. The number of hydrogen-bond donors (Lipinski definition) is 1. The van der Waals surface area contributed by atoms with Crippen molar-refractivity contribution in [1.82, 2.24) is 0 Å². The molecule has 0 radical (unpaired) electrons. The Kier molecular flexibility index (Phi) is 4.37. The number of quaternary nitrogens is 1. The van der Waals surface area contributed by atoms with Crippen LogP contribution in [0.5, 0.6) is 0 Å². The summed E-state index contributed by atoms with van der Waals surface area (Å²) in [6.07, 6.45) is 2.59. The Hall–Kier alpha value is -1.35. The highest BCUT2D eigenvalue weighted by Gasteiger charge is 2.21. The van der Waals surface area contributed by atoms with Gasteiger partial charge in [0.25, 0.3) is 0 Å². The number of carbonyl (C=O) groups is 1. The number of ether oxygens (including phenoxy) is 1. The summed E-state index contributed by atoms with van der Waals surface area (Å²) < 4.78 is 5.52. The normalized spacial score (nSPS) is 17.7. The second kappa shape index (κ2) is 6.01. The highest BCUT2D eigenvalue weighted by molar-refractivity contribution is 5.91. The van der Waals surface area contributed by atoms with E-state index in [4.69, 9.17) is 4.74 Å². The van der Waals surface area contributed by atoms with E-state index in [1.807, 2.05) is 38.1 Å². The van der Waals surface area contributed by atoms with Gasteiger partial charge in [0.15, 0.2) is 0 Å². The molecule has 2 rings (SSSR count). The topological polar surface area (TPSA) is 30.7 Å². The van der Waals surface area contributed by atoms with Gasteiger partial charge >= 0.3 is 5.97 Å². The lowest BCUT2D eigenvalue weighted by molar-refractivity contribution is -0.890. The van der Waals surface area contributed by atoms with Crippen LogP contribution in [0.25, 0.3) is 0 Å². The van der Waals surface area contributed by atoms with Crippen LogP contribution in [0.3, 0.4) is 0 Å². The molecule has 0 spiro atoms. The lowest BCUT2D eigenvalue weighted by Crippen LogP contribution is -3.11. The highest BCUT2D eigenvalue weighted by atomic mass is 16.5. The third kappa shape index (κ3) is 3.33. The lowest BCUT2D eigenvalue weighted by atomic mass is 10.1. The van der Waals surface area contributed by atoms with Crippen molar-refractivity contribution in [1.29, 1.82) is 0 Å². The zero-order valence-corrected chi connectivity index (χ0v) is 11.2. The van der Waals surface area contributed by atoms with E-state index < -0.39 is 0 Å². The van der Waals surface area contributed by atoms with Crippen molar-refractivity contribution in [3.05, 3.63) is 35.4 Å². The Labute approximate surface area is 109 Å². The molecule has 1 aromatic carbocycles. The maximum absolute atomic E-state index is 12.0. The van der Waals surface area contributed by atoms with Gasteiger partial charge in [0.05, 0.1) is 18.7 Å². The zero-order chi connectivity index (χ0) is 13.0. The predicted octanol–water partition coefficient (Wildman–Crippen LogP) is 1.22. The fourth-order valence-electron chi connectivity index (χ4n) is 2.58. The van der Waals surface area contributed by atoms with E-state index in [1.165, 1.54) is 25.9 Å². The average molecular weight is 248 g/mol. The van der Waals surface area contributed by atoms with E-state index in [0.717, 1.165) is 12.1 Å². The van der Waals surface area contributed by atoms with Crippen LogP contribution < -0.4 is 4.90 Å². The fourth-order valence-corrected chi connectivity index (χ4v) is 2.58. The molecule has 3 heteroatoms. The maximum Gasteiger partial charge on any atom is 0.338 e.